The van der Waals surface area contributed by atoms with Crippen molar-refractivity contribution in [1.82, 2.24) is 14.9 Å². The first-order valence-corrected chi connectivity index (χ1v) is 9.23. The summed E-state index contributed by atoms with van der Waals surface area (Å²) >= 11 is 0. The highest BCUT2D eigenvalue weighted by molar-refractivity contribution is 6.04. The fourth-order valence-electron chi connectivity index (χ4n) is 3.43. The number of H-pyrrole nitrogens is 1. The van der Waals surface area contributed by atoms with E-state index in [1.165, 1.54) is 12.8 Å². The number of fused-ring (bicyclic) bond motifs is 1. The van der Waals surface area contributed by atoms with Gasteiger partial charge in [-0.2, -0.15) is 0 Å². The fraction of sp³-hybridized carbons (Fsp3) is 0.333. The highest BCUT2D eigenvalue weighted by Crippen LogP contribution is 2.22. The van der Waals surface area contributed by atoms with Crippen molar-refractivity contribution < 1.29 is 12.8 Å². The molecule has 6 heteroatoms. The maximum absolute atomic E-state index is 12.3. The standard InChI is InChI=1S/C20H22N4O.CH4O.2H2/c1-14-6-5-11-24(14)13-19-22-17-10-9-16(12-18(17)23-19)21-20(25)15-7-3-2-4-8-15;1-2;;/h2-4,7-10,12,14H,5-6,11,13H2,1H3,(H,21,25)(H,22,23);2H,1H3;2*1H/t14-;;;/m0.../s1. The van der Waals surface area contributed by atoms with Gasteiger partial charge in [0.2, 0.25) is 0 Å². The second-order valence-corrected chi connectivity index (χ2v) is 6.70. The number of anilines is 1. The molecular formula is C21H30N4O2. The Morgan fingerprint density at radius 3 is 2.78 bits per heavy atom. The number of carbonyl (C=O) groups is 1. The van der Waals surface area contributed by atoms with E-state index < -0.39 is 0 Å². The molecule has 3 N–H and O–H groups in total. The summed E-state index contributed by atoms with van der Waals surface area (Å²) < 4.78 is 0. The Bertz CT molecular complexity index is 902. The molecule has 1 saturated heterocycles. The summed E-state index contributed by atoms with van der Waals surface area (Å²) in [5.74, 6) is 0.876. The van der Waals surface area contributed by atoms with Crippen molar-refractivity contribution in [3.05, 3.63) is 59.9 Å². The van der Waals surface area contributed by atoms with Gasteiger partial charge in [-0.15, -0.1) is 0 Å². The molecule has 0 bridgehead atoms. The van der Waals surface area contributed by atoms with Gasteiger partial charge in [-0.3, -0.25) is 9.69 Å². The molecule has 146 valence electrons. The molecule has 6 nitrogen and oxygen atoms in total. The second kappa shape index (κ2) is 8.79. The first-order chi connectivity index (χ1) is 13.2. The lowest BCUT2D eigenvalue weighted by atomic mass is 10.2. The first kappa shape index (κ1) is 19.1. The smallest absolute Gasteiger partial charge is 0.255 e. The summed E-state index contributed by atoms with van der Waals surface area (Å²) in [4.78, 5) is 22.8. The van der Waals surface area contributed by atoms with Gasteiger partial charge >= 0.3 is 0 Å². The minimum absolute atomic E-state index is 0. The summed E-state index contributed by atoms with van der Waals surface area (Å²) in [6.07, 6.45) is 2.52. The van der Waals surface area contributed by atoms with Gasteiger partial charge < -0.3 is 15.4 Å². The van der Waals surface area contributed by atoms with Crippen LogP contribution >= 0.6 is 0 Å². The Hall–Kier alpha value is -2.70. The lowest BCUT2D eigenvalue weighted by molar-refractivity contribution is 0.102. The third-order valence-electron chi connectivity index (χ3n) is 4.87. The zero-order valence-electron chi connectivity index (χ0n) is 15.8. The highest BCUT2D eigenvalue weighted by atomic mass is 16.2. The van der Waals surface area contributed by atoms with Crippen LogP contribution < -0.4 is 5.32 Å². The Morgan fingerprint density at radius 2 is 2.07 bits per heavy atom. The van der Waals surface area contributed by atoms with E-state index in [1.807, 2.05) is 36.4 Å². The van der Waals surface area contributed by atoms with Crippen LogP contribution in [-0.2, 0) is 6.54 Å². The average molecular weight is 370 g/mol. The number of carbonyl (C=O) groups excluding carboxylic acids is 1. The van der Waals surface area contributed by atoms with Crippen LogP contribution in [0.1, 0.15) is 38.8 Å². The van der Waals surface area contributed by atoms with Crippen LogP contribution in [0.4, 0.5) is 5.69 Å². The van der Waals surface area contributed by atoms with Crippen LogP contribution in [0, 0.1) is 0 Å². The molecule has 2 heterocycles. The Balaban J connectivity index is 0.00000102. The molecule has 4 rings (SSSR count). The molecule has 1 fully saturated rings. The van der Waals surface area contributed by atoms with Crippen molar-refractivity contribution in [3.63, 3.8) is 0 Å². The summed E-state index contributed by atoms with van der Waals surface area (Å²) in [6.45, 7) is 4.25. The van der Waals surface area contributed by atoms with Gasteiger partial charge in [-0.1, -0.05) is 18.2 Å². The highest BCUT2D eigenvalue weighted by Gasteiger charge is 2.21. The first-order valence-electron chi connectivity index (χ1n) is 9.23. The predicted octanol–water partition coefficient (Wildman–Crippen LogP) is 3.90. The molecule has 0 spiro atoms. The van der Waals surface area contributed by atoms with Gasteiger partial charge in [0.05, 0.1) is 17.6 Å². The zero-order chi connectivity index (χ0) is 19.2. The molecule has 1 aliphatic heterocycles. The normalized spacial score (nSPS) is 16.8. The van der Waals surface area contributed by atoms with E-state index in [0.29, 0.717) is 11.6 Å². The van der Waals surface area contributed by atoms with E-state index in [0.717, 1.165) is 42.7 Å². The van der Waals surface area contributed by atoms with Crippen LogP contribution in [0.15, 0.2) is 48.5 Å². The molecule has 2 aromatic carbocycles. The third kappa shape index (κ3) is 4.53. The fourth-order valence-corrected chi connectivity index (χ4v) is 3.43. The van der Waals surface area contributed by atoms with Gasteiger partial charge in [-0.05, 0) is 56.6 Å². The number of aliphatic hydroxyl groups excluding tert-OH is 1. The van der Waals surface area contributed by atoms with Gasteiger partial charge in [0, 0.05) is 27.3 Å². The van der Waals surface area contributed by atoms with Crippen molar-refractivity contribution in [2.45, 2.75) is 32.4 Å². The van der Waals surface area contributed by atoms with Crippen molar-refractivity contribution >= 4 is 22.6 Å². The minimum Gasteiger partial charge on any atom is -0.400 e. The largest absolute Gasteiger partial charge is 0.400 e. The number of hydrogen-bond donors (Lipinski definition) is 3. The van der Waals surface area contributed by atoms with Crippen LogP contribution in [-0.4, -0.2) is 45.6 Å². The van der Waals surface area contributed by atoms with E-state index >= 15 is 0 Å². The molecule has 0 unspecified atom stereocenters. The minimum atomic E-state index is -0.106. The maximum Gasteiger partial charge on any atom is 0.255 e. The van der Waals surface area contributed by atoms with Crippen LogP contribution in [0.2, 0.25) is 0 Å². The number of nitrogens with zero attached hydrogens (tertiary/aromatic N) is 2. The van der Waals surface area contributed by atoms with Gasteiger partial charge in [0.15, 0.2) is 0 Å². The Kier molecular flexibility index (Phi) is 6.21. The number of benzene rings is 2. The second-order valence-electron chi connectivity index (χ2n) is 6.70. The number of aromatic nitrogens is 2. The van der Waals surface area contributed by atoms with Crippen molar-refractivity contribution in [2.24, 2.45) is 0 Å². The number of rotatable bonds is 4. The molecule has 1 aromatic heterocycles. The lowest BCUT2D eigenvalue weighted by Crippen LogP contribution is -2.26. The topological polar surface area (TPSA) is 81.2 Å². The van der Waals surface area contributed by atoms with E-state index in [-0.39, 0.29) is 8.76 Å². The van der Waals surface area contributed by atoms with Crippen molar-refractivity contribution in [2.75, 3.05) is 19.0 Å². The number of likely N-dealkylation sites (tertiary alicyclic amines) is 1. The molecule has 1 amide bonds. The van der Waals surface area contributed by atoms with Crippen LogP contribution in [0.3, 0.4) is 0 Å². The molecule has 0 saturated carbocycles. The monoisotopic (exact) mass is 370 g/mol. The van der Waals surface area contributed by atoms with Crippen molar-refractivity contribution in [1.29, 1.82) is 0 Å². The van der Waals surface area contributed by atoms with E-state index in [9.17, 15) is 4.79 Å². The molecule has 3 aromatic rings. The third-order valence-corrected chi connectivity index (χ3v) is 4.87. The summed E-state index contributed by atoms with van der Waals surface area (Å²) in [5, 5.41) is 9.94. The van der Waals surface area contributed by atoms with E-state index in [4.69, 9.17) is 5.11 Å². The van der Waals surface area contributed by atoms with E-state index in [1.54, 1.807) is 12.1 Å². The molecule has 27 heavy (non-hydrogen) atoms. The number of hydrogen-bond acceptors (Lipinski definition) is 4. The van der Waals surface area contributed by atoms with Crippen molar-refractivity contribution in [3.8, 4) is 0 Å². The lowest BCUT2D eigenvalue weighted by Gasteiger charge is -2.19. The summed E-state index contributed by atoms with van der Waals surface area (Å²) in [5.41, 5.74) is 3.30. The quantitative estimate of drug-likeness (QED) is 0.651. The Labute approximate surface area is 162 Å². The van der Waals surface area contributed by atoms with Crippen LogP contribution in [0.25, 0.3) is 11.0 Å². The number of nitrogens with one attached hydrogen (secondary N) is 2. The van der Waals surface area contributed by atoms with Gasteiger partial charge in [-0.25, -0.2) is 4.98 Å². The summed E-state index contributed by atoms with van der Waals surface area (Å²) in [7, 11) is 1.00. The number of amides is 1. The molecule has 0 radical (unpaired) electrons. The van der Waals surface area contributed by atoms with E-state index in [2.05, 4.69) is 27.1 Å². The number of imidazole rings is 1. The SMILES string of the molecule is CO.C[C@H]1CCCN1Cc1nc2ccc(NC(=O)c3ccccc3)cc2[nH]1.[HH].[HH]. The predicted molar refractivity (Wildman–Crippen MR) is 112 cm³/mol. The Morgan fingerprint density at radius 1 is 1.30 bits per heavy atom. The molecular weight excluding hydrogens is 340 g/mol. The average Bonchev–Trinajstić information content (AvgIpc) is 3.29. The van der Waals surface area contributed by atoms with Gasteiger partial charge in [0.25, 0.3) is 5.91 Å². The zero-order valence-corrected chi connectivity index (χ0v) is 15.8. The van der Waals surface area contributed by atoms with Crippen LogP contribution in [0.5, 0.6) is 0 Å². The number of aliphatic hydroxyl groups is 1. The molecule has 0 aliphatic carbocycles. The molecule has 1 atom stereocenters. The number of aromatic amines is 1. The molecule has 1 aliphatic rings. The van der Waals surface area contributed by atoms with Gasteiger partial charge in [0.1, 0.15) is 5.82 Å². The maximum atomic E-state index is 12.3. The summed E-state index contributed by atoms with van der Waals surface area (Å²) in [6, 6.07) is 15.6.